The Morgan fingerprint density at radius 3 is 2.38 bits per heavy atom. The lowest BCUT2D eigenvalue weighted by Crippen LogP contribution is -2.28. The van der Waals surface area contributed by atoms with Gasteiger partial charge in [-0.15, -0.1) is 0 Å². The van der Waals surface area contributed by atoms with Crippen LogP contribution in [-0.4, -0.2) is 25.0 Å². The van der Waals surface area contributed by atoms with E-state index in [0.29, 0.717) is 30.2 Å². The highest BCUT2D eigenvalue weighted by Crippen LogP contribution is 2.33. The summed E-state index contributed by atoms with van der Waals surface area (Å²) in [6, 6.07) is 12.4. The molecule has 0 aliphatic carbocycles. The number of ether oxygens (including phenoxy) is 2. The van der Waals surface area contributed by atoms with Crippen LogP contribution in [0.25, 0.3) is 0 Å². The largest absolute Gasteiger partial charge is 0.486 e. The molecule has 0 bridgehead atoms. The molecule has 3 rings (SSSR count). The number of rotatable bonds is 5. The minimum absolute atomic E-state index is 0.131. The van der Waals surface area contributed by atoms with Crippen LogP contribution in [0.15, 0.2) is 42.5 Å². The van der Waals surface area contributed by atoms with Gasteiger partial charge in [-0.05, 0) is 48.4 Å². The average molecular weight is 354 g/mol. The number of hydrogen-bond acceptors (Lipinski definition) is 4. The third kappa shape index (κ3) is 4.14. The van der Waals surface area contributed by atoms with Crippen molar-refractivity contribution >= 4 is 17.5 Å². The van der Waals surface area contributed by atoms with Crippen molar-refractivity contribution in [3.05, 3.63) is 53.6 Å². The number of benzene rings is 2. The summed E-state index contributed by atoms with van der Waals surface area (Å²) in [6.07, 6.45) is 0.745. The molecule has 1 heterocycles. The van der Waals surface area contributed by atoms with Crippen LogP contribution in [-0.2, 0) is 4.79 Å². The normalized spacial score (nSPS) is 13.6. The van der Waals surface area contributed by atoms with Crippen molar-refractivity contribution in [1.82, 2.24) is 5.32 Å². The van der Waals surface area contributed by atoms with Gasteiger partial charge < -0.3 is 20.1 Å². The predicted molar refractivity (Wildman–Crippen MR) is 98.7 cm³/mol. The number of fused-ring (bicyclic) bond motifs is 1. The van der Waals surface area contributed by atoms with Gasteiger partial charge in [0.15, 0.2) is 11.5 Å². The molecule has 136 valence electrons. The minimum Gasteiger partial charge on any atom is -0.486 e. The molecule has 2 N–H and O–H groups in total. The van der Waals surface area contributed by atoms with E-state index in [2.05, 4.69) is 10.6 Å². The lowest BCUT2D eigenvalue weighted by molar-refractivity contribution is -0.114. The average Bonchev–Trinajstić information content (AvgIpc) is 2.65. The summed E-state index contributed by atoms with van der Waals surface area (Å²) in [5, 5.41) is 5.72. The Morgan fingerprint density at radius 1 is 1.04 bits per heavy atom. The molecule has 26 heavy (non-hydrogen) atoms. The lowest BCUT2D eigenvalue weighted by atomic mass is 10.0. The number of nitrogens with one attached hydrogen (secondary N) is 2. The summed E-state index contributed by atoms with van der Waals surface area (Å²) in [5.74, 6) is 1.13. The maximum absolute atomic E-state index is 12.6. The van der Waals surface area contributed by atoms with E-state index in [-0.39, 0.29) is 17.9 Å². The van der Waals surface area contributed by atoms with E-state index >= 15 is 0 Å². The zero-order valence-corrected chi connectivity index (χ0v) is 14.9. The molecule has 6 heteroatoms. The summed E-state index contributed by atoms with van der Waals surface area (Å²) < 4.78 is 11.2. The van der Waals surface area contributed by atoms with Gasteiger partial charge in [-0.1, -0.05) is 13.0 Å². The zero-order valence-electron chi connectivity index (χ0n) is 14.9. The molecule has 2 amide bonds. The molecular formula is C20H22N2O4. The molecule has 1 unspecified atom stereocenters. The smallest absolute Gasteiger partial charge is 0.251 e. The topological polar surface area (TPSA) is 76.7 Å². The molecule has 2 aromatic rings. The van der Waals surface area contributed by atoms with E-state index in [1.54, 1.807) is 24.3 Å². The number of anilines is 1. The number of amides is 2. The molecule has 6 nitrogen and oxygen atoms in total. The highest BCUT2D eigenvalue weighted by Gasteiger charge is 2.18. The van der Waals surface area contributed by atoms with Crippen molar-refractivity contribution < 1.29 is 19.1 Å². The van der Waals surface area contributed by atoms with Crippen molar-refractivity contribution in [3.8, 4) is 11.5 Å². The van der Waals surface area contributed by atoms with Crippen molar-refractivity contribution in [1.29, 1.82) is 0 Å². The fraction of sp³-hybridized carbons (Fsp3) is 0.300. The first-order chi connectivity index (χ1) is 12.6. The number of carbonyl (C=O) groups excluding carboxylic acids is 2. The maximum Gasteiger partial charge on any atom is 0.251 e. The molecule has 0 radical (unpaired) electrons. The Hall–Kier alpha value is -3.02. The second kappa shape index (κ2) is 7.91. The molecule has 1 aliphatic heterocycles. The molecular weight excluding hydrogens is 332 g/mol. The van der Waals surface area contributed by atoms with Crippen molar-refractivity contribution in [2.75, 3.05) is 18.5 Å². The zero-order chi connectivity index (χ0) is 18.5. The molecule has 2 aromatic carbocycles. The van der Waals surface area contributed by atoms with Crippen LogP contribution in [0.3, 0.4) is 0 Å². The Labute approximate surface area is 152 Å². The van der Waals surface area contributed by atoms with Crippen LogP contribution in [0.1, 0.15) is 42.2 Å². The number of hydrogen-bond donors (Lipinski definition) is 2. The first-order valence-corrected chi connectivity index (χ1v) is 8.65. The summed E-state index contributed by atoms with van der Waals surface area (Å²) in [5.41, 5.74) is 2.17. The van der Waals surface area contributed by atoms with E-state index in [9.17, 15) is 9.59 Å². The van der Waals surface area contributed by atoms with E-state index in [1.165, 1.54) is 6.92 Å². The summed E-state index contributed by atoms with van der Waals surface area (Å²) in [6.45, 7) is 4.54. The molecule has 0 spiro atoms. The first kappa shape index (κ1) is 17.8. The molecule has 0 aromatic heterocycles. The van der Waals surface area contributed by atoms with Gasteiger partial charge in [-0.2, -0.15) is 0 Å². The van der Waals surface area contributed by atoms with Crippen LogP contribution < -0.4 is 20.1 Å². The van der Waals surface area contributed by atoms with Crippen LogP contribution >= 0.6 is 0 Å². The van der Waals surface area contributed by atoms with E-state index in [1.807, 2.05) is 25.1 Å². The third-order valence-corrected chi connectivity index (χ3v) is 4.15. The van der Waals surface area contributed by atoms with Gasteiger partial charge in [-0.25, -0.2) is 0 Å². The van der Waals surface area contributed by atoms with Gasteiger partial charge in [0.1, 0.15) is 13.2 Å². The Kier molecular flexibility index (Phi) is 5.41. The Balaban J connectivity index is 1.71. The van der Waals surface area contributed by atoms with Crippen LogP contribution in [0, 0.1) is 0 Å². The van der Waals surface area contributed by atoms with Gasteiger partial charge in [0.2, 0.25) is 5.91 Å². The summed E-state index contributed by atoms with van der Waals surface area (Å²) in [4.78, 5) is 23.6. The van der Waals surface area contributed by atoms with Crippen molar-refractivity contribution in [3.63, 3.8) is 0 Å². The molecule has 1 aliphatic rings. The van der Waals surface area contributed by atoms with Gasteiger partial charge in [0.05, 0.1) is 6.04 Å². The van der Waals surface area contributed by atoms with Crippen LogP contribution in [0.2, 0.25) is 0 Å². The fourth-order valence-electron chi connectivity index (χ4n) is 2.85. The van der Waals surface area contributed by atoms with Crippen molar-refractivity contribution in [2.45, 2.75) is 26.3 Å². The van der Waals surface area contributed by atoms with E-state index in [0.717, 1.165) is 17.7 Å². The van der Waals surface area contributed by atoms with Gasteiger partial charge in [-0.3, -0.25) is 9.59 Å². The quantitative estimate of drug-likeness (QED) is 0.864. The van der Waals surface area contributed by atoms with Crippen LogP contribution in [0.4, 0.5) is 5.69 Å². The first-order valence-electron chi connectivity index (χ1n) is 8.65. The Bertz CT molecular complexity index is 802. The predicted octanol–water partition coefficient (Wildman–Crippen LogP) is 3.30. The van der Waals surface area contributed by atoms with Crippen molar-refractivity contribution in [2.24, 2.45) is 0 Å². The molecule has 1 atom stereocenters. The summed E-state index contributed by atoms with van der Waals surface area (Å²) >= 11 is 0. The molecule has 0 saturated heterocycles. The van der Waals surface area contributed by atoms with Gasteiger partial charge in [0.25, 0.3) is 5.91 Å². The monoisotopic (exact) mass is 354 g/mol. The standard InChI is InChI=1S/C20H22N2O4/c1-3-17(15-6-9-18-19(12-15)26-11-10-25-18)22-20(24)14-4-7-16(8-5-14)21-13(2)23/h4-9,12,17H,3,10-11H2,1-2H3,(H,21,23)(H,22,24). The summed E-state index contributed by atoms with van der Waals surface area (Å²) in [7, 11) is 0. The van der Waals surface area contributed by atoms with Gasteiger partial charge in [0, 0.05) is 18.2 Å². The molecule has 0 fully saturated rings. The fourth-order valence-corrected chi connectivity index (χ4v) is 2.85. The molecule has 0 saturated carbocycles. The lowest BCUT2D eigenvalue weighted by Gasteiger charge is -2.22. The van der Waals surface area contributed by atoms with E-state index < -0.39 is 0 Å². The second-order valence-corrected chi connectivity index (χ2v) is 6.10. The highest BCUT2D eigenvalue weighted by atomic mass is 16.6. The number of carbonyl (C=O) groups is 2. The second-order valence-electron chi connectivity index (χ2n) is 6.10. The van der Waals surface area contributed by atoms with E-state index in [4.69, 9.17) is 9.47 Å². The third-order valence-electron chi connectivity index (χ3n) is 4.15. The highest BCUT2D eigenvalue weighted by molar-refractivity contribution is 5.95. The Morgan fingerprint density at radius 2 is 1.73 bits per heavy atom. The van der Waals surface area contributed by atoms with Gasteiger partial charge >= 0.3 is 0 Å². The SMILES string of the molecule is CCC(NC(=O)c1ccc(NC(C)=O)cc1)c1ccc2c(c1)OCCO2. The maximum atomic E-state index is 12.6. The van der Waals surface area contributed by atoms with Crippen LogP contribution in [0.5, 0.6) is 11.5 Å². The minimum atomic E-state index is -0.166.